The Morgan fingerprint density at radius 2 is 1.85 bits per heavy atom. The molecule has 0 atom stereocenters. The summed E-state index contributed by atoms with van der Waals surface area (Å²) in [7, 11) is -2.59. The molecule has 1 fully saturated rings. The van der Waals surface area contributed by atoms with E-state index in [1.807, 2.05) is 6.07 Å². The molecule has 1 amide bonds. The van der Waals surface area contributed by atoms with Crippen molar-refractivity contribution in [2.75, 3.05) is 17.8 Å². The van der Waals surface area contributed by atoms with E-state index in [1.54, 1.807) is 17.0 Å². The second-order valence-electron chi connectivity index (χ2n) is 8.11. The fourth-order valence-electron chi connectivity index (χ4n) is 4.06. The van der Waals surface area contributed by atoms with Crippen LogP contribution < -0.4 is 16.0 Å². The first-order chi connectivity index (χ1) is 16.2. The lowest BCUT2D eigenvalue weighted by molar-refractivity contribution is -0.130. The van der Waals surface area contributed by atoms with Gasteiger partial charge >= 0.3 is 5.69 Å². The second kappa shape index (κ2) is 9.15. The summed E-state index contributed by atoms with van der Waals surface area (Å²) in [5.41, 5.74) is -0.454. The lowest BCUT2D eigenvalue weighted by atomic mass is 10.2. The first-order valence-electron chi connectivity index (χ1n) is 10.8. The zero-order valence-corrected chi connectivity index (χ0v) is 19.3. The topological polar surface area (TPSA) is 134 Å². The van der Waals surface area contributed by atoms with Crippen LogP contribution in [0.2, 0.25) is 0 Å². The Hall–Kier alpha value is -3.91. The minimum atomic E-state index is -4.07. The molecule has 34 heavy (non-hydrogen) atoms. The third-order valence-electron chi connectivity index (χ3n) is 5.88. The summed E-state index contributed by atoms with van der Waals surface area (Å²) in [5.74, 6) is -0.119. The molecule has 1 saturated heterocycles. The number of nitrogens with one attached hydrogen (secondary N) is 1. The van der Waals surface area contributed by atoms with E-state index in [4.69, 9.17) is 5.26 Å². The van der Waals surface area contributed by atoms with E-state index >= 15 is 0 Å². The molecule has 0 spiro atoms. The third-order valence-corrected chi connectivity index (χ3v) is 7.26. The minimum Gasteiger partial charge on any atom is -0.343 e. The maximum Gasteiger partial charge on any atom is 0.331 e. The van der Waals surface area contributed by atoms with Gasteiger partial charge in [-0.25, -0.2) is 13.2 Å². The quantitative estimate of drug-likeness (QED) is 0.565. The lowest BCUT2D eigenvalue weighted by Crippen LogP contribution is -2.40. The van der Waals surface area contributed by atoms with Crippen molar-refractivity contribution in [2.24, 2.45) is 7.05 Å². The van der Waals surface area contributed by atoms with E-state index < -0.39 is 21.3 Å². The number of nitrogens with zero attached hydrogens (tertiary/aromatic N) is 4. The predicted molar refractivity (Wildman–Crippen MR) is 126 cm³/mol. The molecule has 176 valence electrons. The summed E-state index contributed by atoms with van der Waals surface area (Å²) < 4.78 is 30.5. The van der Waals surface area contributed by atoms with Gasteiger partial charge in [0.2, 0.25) is 5.91 Å². The molecule has 0 aliphatic carbocycles. The van der Waals surface area contributed by atoms with E-state index in [9.17, 15) is 22.8 Å². The number of hydrogen-bond donors (Lipinski definition) is 1. The van der Waals surface area contributed by atoms with Crippen LogP contribution in [0.5, 0.6) is 0 Å². The van der Waals surface area contributed by atoms with Crippen molar-refractivity contribution in [3.05, 3.63) is 68.9 Å². The second-order valence-corrected chi connectivity index (χ2v) is 9.80. The van der Waals surface area contributed by atoms with Crippen molar-refractivity contribution in [1.29, 1.82) is 5.26 Å². The van der Waals surface area contributed by atoms with Crippen LogP contribution in [-0.2, 0) is 28.4 Å². The Balaban J connectivity index is 1.69. The normalized spacial score (nSPS) is 13.7. The van der Waals surface area contributed by atoms with Gasteiger partial charge < -0.3 is 4.90 Å². The van der Waals surface area contributed by atoms with E-state index in [1.165, 1.54) is 41.9 Å². The van der Waals surface area contributed by atoms with Crippen LogP contribution in [0.1, 0.15) is 24.8 Å². The number of benzene rings is 2. The van der Waals surface area contributed by atoms with Gasteiger partial charge in [-0.05, 0) is 49.2 Å². The number of amides is 1. The Kier molecular flexibility index (Phi) is 6.26. The molecule has 0 unspecified atom stereocenters. The van der Waals surface area contributed by atoms with Gasteiger partial charge in [-0.15, -0.1) is 0 Å². The van der Waals surface area contributed by atoms with Gasteiger partial charge in [0.25, 0.3) is 15.6 Å². The fourth-order valence-corrected chi connectivity index (χ4v) is 5.13. The molecule has 0 radical (unpaired) electrons. The van der Waals surface area contributed by atoms with E-state index in [0.717, 1.165) is 17.4 Å². The Bertz CT molecular complexity index is 1540. The van der Waals surface area contributed by atoms with Gasteiger partial charge in [-0.2, -0.15) is 5.26 Å². The van der Waals surface area contributed by atoms with E-state index in [2.05, 4.69) is 4.72 Å². The van der Waals surface area contributed by atoms with Crippen LogP contribution in [0.25, 0.3) is 10.9 Å². The number of aromatic nitrogens is 2. The lowest BCUT2D eigenvalue weighted by Gasteiger charge is -2.16. The standard InChI is InChI=1S/C23H23N5O5S/c1-26-20-8-7-18(34(32,33)25-17-6-4-5-16(13-17)15-24)14-19(20)22(30)28(23(26)31)12-9-21(29)27-10-2-3-11-27/h4-8,13-14,25H,2-3,9-12H2,1H3. The average molecular weight is 482 g/mol. The summed E-state index contributed by atoms with van der Waals surface area (Å²) in [6.07, 6.45) is 1.89. The molecule has 1 aliphatic rings. The maximum atomic E-state index is 13.1. The third kappa shape index (κ3) is 4.45. The van der Waals surface area contributed by atoms with Gasteiger partial charge in [0.05, 0.1) is 33.1 Å². The summed E-state index contributed by atoms with van der Waals surface area (Å²) in [5, 5.41) is 9.07. The summed E-state index contributed by atoms with van der Waals surface area (Å²) in [6, 6.07) is 11.9. The Labute approximate surface area is 195 Å². The highest BCUT2D eigenvalue weighted by Crippen LogP contribution is 2.20. The molecule has 0 bridgehead atoms. The number of hydrogen-bond acceptors (Lipinski definition) is 6. The average Bonchev–Trinajstić information content (AvgIpc) is 3.37. The van der Waals surface area contributed by atoms with E-state index in [0.29, 0.717) is 18.7 Å². The minimum absolute atomic E-state index is 0.00936. The number of rotatable bonds is 6. The van der Waals surface area contributed by atoms with Crippen LogP contribution in [-0.4, -0.2) is 41.4 Å². The molecule has 3 aromatic rings. The van der Waals surface area contributed by atoms with Crippen molar-refractivity contribution < 1.29 is 13.2 Å². The fraction of sp³-hybridized carbons (Fsp3) is 0.304. The van der Waals surface area contributed by atoms with Crippen molar-refractivity contribution in [3.63, 3.8) is 0 Å². The first kappa shape index (κ1) is 23.3. The van der Waals surface area contributed by atoms with Crippen LogP contribution in [0.3, 0.4) is 0 Å². The van der Waals surface area contributed by atoms with Gasteiger partial charge in [-0.3, -0.25) is 23.4 Å². The van der Waals surface area contributed by atoms with E-state index in [-0.39, 0.29) is 40.4 Å². The molecule has 1 aromatic heterocycles. The van der Waals surface area contributed by atoms with Crippen molar-refractivity contribution in [3.8, 4) is 6.07 Å². The van der Waals surface area contributed by atoms with Gasteiger partial charge in [0, 0.05) is 33.1 Å². The molecular formula is C23H23N5O5S. The van der Waals surface area contributed by atoms with Crippen LogP contribution in [0, 0.1) is 11.3 Å². The number of sulfonamides is 1. The number of anilines is 1. The molecule has 11 heteroatoms. The molecular weight excluding hydrogens is 458 g/mol. The molecule has 1 aliphatic heterocycles. The highest BCUT2D eigenvalue weighted by atomic mass is 32.2. The molecule has 0 saturated carbocycles. The molecule has 1 N–H and O–H groups in total. The number of fused-ring (bicyclic) bond motifs is 1. The number of aryl methyl sites for hydroxylation is 1. The first-order valence-corrected chi connectivity index (χ1v) is 12.2. The Morgan fingerprint density at radius 3 is 2.56 bits per heavy atom. The number of nitriles is 1. The number of likely N-dealkylation sites (tertiary alicyclic amines) is 1. The molecule has 2 heterocycles. The molecule has 10 nitrogen and oxygen atoms in total. The predicted octanol–water partition coefficient (Wildman–Crippen LogP) is 1.39. The molecule has 4 rings (SSSR count). The molecule has 2 aromatic carbocycles. The monoisotopic (exact) mass is 481 g/mol. The van der Waals surface area contributed by atoms with Crippen LogP contribution in [0.4, 0.5) is 5.69 Å². The SMILES string of the molecule is Cn1c(=O)n(CCC(=O)N2CCCC2)c(=O)c2cc(S(=O)(=O)Nc3cccc(C#N)c3)ccc21. The number of carbonyl (C=O) groups excluding carboxylic acids is 1. The summed E-state index contributed by atoms with van der Waals surface area (Å²) in [6.45, 7) is 1.26. The maximum absolute atomic E-state index is 13.1. The van der Waals surface area contributed by atoms with Gasteiger partial charge in [-0.1, -0.05) is 6.07 Å². The summed E-state index contributed by atoms with van der Waals surface area (Å²) >= 11 is 0. The van der Waals surface area contributed by atoms with Gasteiger partial charge in [0.1, 0.15) is 0 Å². The zero-order chi connectivity index (χ0) is 24.5. The van der Waals surface area contributed by atoms with Crippen LogP contribution in [0.15, 0.2) is 56.9 Å². The highest BCUT2D eigenvalue weighted by Gasteiger charge is 2.21. The largest absolute Gasteiger partial charge is 0.343 e. The van der Waals surface area contributed by atoms with Crippen molar-refractivity contribution >= 4 is 32.5 Å². The Morgan fingerprint density at radius 1 is 1.12 bits per heavy atom. The smallest absolute Gasteiger partial charge is 0.331 e. The van der Waals surface area contributed by atoms with Crippen molar-refractivity contribution in [2.45, 2.75) is 30.7 Å². The van der Waals surface area contributed by atoms with Crippen LogP contribution >= 0.6 is 0 Å². The van der Waals surface area contributed by atoms with Crippen molar-refractivity contribution in [1.82, 2.24) is 14.0 Å². The zero-order valence-electron chi connectivity index (χ0n) is 18.5. The summed E-state index contributed by atoms with van der Waals surface area (Å²) in [4.78, 5) is 39.8. The van der Waals surface area contributed by atoms with Gasteiger partial charge in [0.15, 0.2) is 0 Å². The number of carbonyl (C=O) groups is 1. The highest BCUT2D eigenvalue weighted by molar-refractivity contribution is 7.92.